The van der Waals surface area contributed by atoms with Crippen LogP contribution in [0.25, 0.3) is 0 Å². The zero-order chi connectivity index (χ0) is 14.2. The summed E-state index contributed by atoms with van der Waals surface area (Å²) in [7, 11) is 0. The van der Waals surface area contributed by atoms with E-state index in [-0.39, 0.29) is 5.41 Å². The summed E-state index contributed by atoms with van der Waals surface area (Å²) in [5.74, 6) is 1.79. The van der Waals surface area contributed by atoms with Crippen LogP contribution in [0.1, 0.15) is 33.1 Å². The topological polar surface area (TPSA) is 35.6 Å². The van der Waals surface area contributed by atoms with Gasteiger partial charge in [-0.05, 0) is 37.6 Å². The average Bonchev–Trinajstić information content (AvgIpc) is 3.11. The quantitative estimate of drug-likeness (QED) is 0.839. The number of piperazine rings is 1. The maximum Gasteiger partial charge on any atom is 0.230 e. The van der Waals surface area contributed by atoms with Crippen molar-refractivity contribution in [3.05, 3.63) is 0 Å². The first-order chi connectivity index (χ1) is 9.62. The molecule has 3 aliphatic rings. The van der Waals surface area contributed by atoms with Gasteiger partial charge in [0, 0.05) is 39.3 Å². The number of rotatable bonds is 4. The fourth-order valence-electron chi connectivity index (χ4n) is 3.75. The molecular weight excluding hydrogens is 250 g/mol. The highest BCUT2D eigenvalue weighted by Gasteiger charge is 2.46. The lowest BCUT2D eigenvalue weighted by atomic mass is 9.75. The summed E-state index contributed by atoms with van der Waals surface area (Å²) in [6.45, 7) is 11.5. The van der Waals surface area contributed by atoms with Gasteiger partial charge in [-0.3, -0.25) is 9.69 Å². The normalized spacial score (nSPS) is 32.0. The summed E-state index contributed by atoms with van der Waals surface area (Å²) in [5.41, 5.74) is -0.140. The Labute approximate surface area is 122 Å². The molecule has 114 valence electrons. The highest BCUT2D eigenvalue weighted by molar-refractivity contribution is 5.84. The lowest BCUT2D eigenvalue weighted by Crippen LogP contribution is -2.55. The van der Waals surface area contributed by atoms with Gasteiger partial charge in [-0.2, -0.15) is 0 Å². The zero-order valence-corrected chi connectivity index (χ0v) is 13.0. The van der Waals surface area contributed by atoms with Gasteiger partial charge in [0.1, 0.15) is 0 Å². The molecule has 1 unspecified atom stereocenters. The largest absolute Gasteiger partial charge is 0.340 e. The van der Waals surface area contributed by atoms with E-state index in [0.717, 1.165) is 51.6 Å². The molecule has 0 aromatic heterocycles. The maximum absolute atomic E-state index is 13.0. The molecule has 1 amide bonds. The fraction of sp³-hybridized carbons (Fsp3) is 0.938. The monoisotopic (exact) mass is 279 g/mol. The number of nitrogens with one attached hydrogen (secondary N) is 1. The summed E-state index contributed by atoms with van der Waals surface area (Å²) in [6.07, 6.45) is 3.84. The number of nitrogens with zero attached hydrogens (tertiary/aromatic N) is 2. The zero-order valence-electron chi connectivity index (χ0n) is 13.0. The van der Waals surface area contributed by atoms with Gasteiger partial charge in [-0.1, -0.05) is 13.8 Å². The van der Waals surface area contributed by atoms with E-state index in [4.69, 9.17) is 0 Å². The Morgan fingerprint density at radius 2 is 1.95 bits per heavy atom. The van der Waals surface area contributed by atoms with Crippen LogP contribution in [-0.4, -0.2) is 61.5 Å². The molecule has 1 aliphatic carbocycles. The van der Waals surface area contributed by atoms with Gasteiger partial charge >= 0.3 is 0 Å². The Kier molecular flexibility index (Phi) is 4.04. The molecule has 1 saturated carbocycles. The van der Waals surface area contributed by atoms with Crippen molar-refractivity contribution >= 4 is 5.91 Å². The molecule has 0 radical (unpaired) electrons. The minimum absolute atomic E-state index is 0.140. The Morgan fingerprint density at radius 3 is 2.45 bits per heavy atom. The molecule has 3 rings (SSSR count). The van der Waals surface area contributed by atoms with Crippen LogP contribution in [0.4, 0.5) is 0 Å². The number of hydrogen-bond donors (Lipinski definition) is 1. The molecule has 3 fully saturated rings. The molecule has 0 spiro atoms. The third-order valence-electron chi connectivity index (χ3n) is 5.59. The van der Waals surface area contributed by atoms with Crippen LogP contribution in [0.5, 0.6) is 0 Å². The van der Waals surface area contributed by atoms with Crippen LogP contribution in [0.15, 0.2) is 0 Å². The van der Waals surface area contributed by atoms with Crippen LogP contribution >= 0.6 is 0 Å². The van der Waals surface area contributed by atoms with Crippen LogP contribution in [0, 0.1) is 17.3 Å². The maximum atomic E-state index is 13.0. The summed E-state index contributed by atoms with van der Waals surface area (Å²) >= 11 is 0. The van der Waals surface area contributed by atoms with Crippen molar-refractivity contribution < 1.29 is 4.79 Å². The van der Waals surface area contributed by atoms with E-state index < -0.39 is 0 Å². The van der Waals surface area contributed by atoms with Gasteiger partial charge in [0.15, 0.2) is 0 Å². The molecule has 20 heavy (non-hydrogen) atoms. The molecule has 4 heteroatoms. The van der Waals surface area contributed by atoms with Crippen molar-refractivity contribution in [3.63, 3.8) is 0 Å². The summed E-state index contributed by atoms with van der Waals surface area (Å²) < 4.78 is 0. The van der Waals surface area contributed by atoms with Gasteiger partial charge in [0.2, 0.25) is 5.91 Å². The van der Waals surface area contributed by atoms with Crippen molar-refractivity contribution in [2.24, 2.45) is 17.3 Å². The molecule has 2 aliphatic heterocycles. The molecule has 1 N–H and O–H groups in total. The predicted octanol–water partition coefficient (Wildman–Crippen LogP) is 1.18. The van der Waals surface area contributed by atoms with E-state index in [1.165, 1.54) is 19.4 Å². The second kappa shape index (κ2) is 5.64. The summed E-state index contributed by atoms with van der Waals surface area (Å²) in [4.78, 5) is 17.7. The molecule has 2 saturated heterocycles. The first-order valence-electron chi connectivity index (χ1n) is 8.34. The standard InChI is InChI=1S/C16H29N3O/c1-13(2)16(5-6-17-12-16)15(20)19-9-7-18(8-10-19)11-14-3-4-14/h13-14,17H,3-12H2,1-2H3. The molecule has 1 atom stereocenters. The summed E-state index contributed by atoms with van der Waals surface area (Å²) in [6, 6.07) is 0. The second-order valence-corrected chi connectivity index (χ2v) is 7.27. The molecule has 4 nitrogen and oxygen atoms in total. The van der Waals surface area contributed by atoms with Gasteiger partial charge in [0.25, 0.3) is 0 Å². The minimum atomic E-state index is -0.140. The van der Waals surface area contributed by atoms with Crippen LogP contribution in [0.2, 0.25) is 0 Å². The van der Waals surface area contributed by atoms with E-state index >= 15 is 0 Å². The molecule has 2 heterocycles. The molecule has 0 aromatic carbocycles. The SMILES string of the molecule is CC(C)C1(C(=O)N2CCN(CC3CC3)CC2)CCNC1. The fourth-order valence-corrected chi connectivity index (χ4v) is 3.75. The van der Waals surface area contributed by atoms with Crippen molar-refractivity contribution in [3.8, 4) is 0 Å². The number of hydrogen-bond acceptors (Lipinski definition) is 3. The van der Waals surface area contributed by atoms with Crippen molar-refractivity contribution in [1.82, 2.24) is 15.1 Å². The lowest BCUT2D eigenvalue weighted by Gasteiger charge is -2.41. The van der Waals surface area contributed by atoms with Gasteiger partial charge < -0.3 is 10.2 Å². The smallest absolute Gasteiger partial charge is 0.230 e. The van der Waals surface area contributed by atoms with Crippen LogP contribution < -0.4 is 5.32 Å². The van der Waals surface area contributed by atoms with Crippen LogP contribution in [0.3, 0.4) is 0 Å². The number of amides is 1. The Bertz CT molecular complexity index is 351. The average molecular weight is 279 g/mol. The van der Waals surface area contributed by atoms with Gasteiger partial charge in [0.05, 0.1) is 5.41 Å². The lowest BCUT2D eigenvalue weighted by molar-refractivity contribution is -0.145. The van der Waals surface area contributed by atoms with Gasteiger partial charge in [-0.25, -0.2) is 0 Å². The molecular formula is C16H29N3O. The third kappa shape index (κ3) is 2.73. The second-order valence-electron chi connectivity index (χ2n) is 7.27. The summed E-state index contributed by atoms with van der Waals surface area (Å²) in [5, 5.41) is 3.40. The first-order valence-corrected chi connectivity index (χ1v) is 8.34. The first kappa shape index (κ1) is 14.3. The molecule has 0 aromatic rings. The van der Waals surface area contributed by atoms with Crippen molar-refractivity contribution in [2.75, 3.05) is 45.8 Å². The van der Waals surface area contributed by atoms with Crippen LogP contribution in [-0.2, 0) is 4.79 Å². The number of carbonyl (C=O) groups excluding carboxylic acids is 1. The minimum Gasteiger partial charge on any atom is -0.340 e. The van der Waals surface area contributed by atoms with Crippen molar-refractivity contribution in [1.29, 1.82) is 0 Å². The van der Waals surface area contributed by atoms with E-state index in [9.17, 15) is 4.79 Å². The van der Waals surface area contributed by atoms with E-state index in [2.05, 4.69) is 29.0 Å². The number of carbonyl (C=O) groups is 1. The Morgan fingerprint density at radius 1 is 1.25 bits per heavy atom. The van der Waals surface area contributed by atoms with E-state index in [1.54, 1.807) is 0 Å². The van der Waals surface area contributed by atoms with Gasteiger partial charge in [-0.15, -0.1) is 0 Å². The molecule has 0 bridgehead atoms. The predicted molar refractivity (Wildman–Crippen MR) is 80.5 cm³/mol. The Balaban J connectivity index is 1.57. The third-order valence-corrected chi connectivity index (χ3v) is 5.59. The Hall–Kier alpha value is -0.610. The van der Waals surface area contributed by atoms with E-state index in [0.29, 0.717) is 11.8 Å². The highest BCUT2D eigenvalue weighted by atomic mass is 16.2. The van der Waals surface area contributed by atoms with Crippen molar-refractivity contribution in [2.45, 2.75) is 33.1 Å². The van der Waals surface area contributed by atoms with E-state index in [1.807, 2.05) is 0 Å². The highest BCUT2D eigenvalue weighted by Crippen LogP contribution is 2.36.